The van der Waals surface area contributed by atoms with E-state index >= 15 is 0 Å². The Kier molecular flexibility index (Phi) is 5.62. The largest absolute Gasteiger partial charge is 0.395 e. The van der Waals surface area contributed by atoms with Crippen molar-refractivity contribution in [1.29, 1.82) is 0 Å². The molecule has 1 rings (SSSR count). The molecule has 1 unspecified atom stereocenters. The third-order valence-corrected chi connectivity index (χ3v) is 4.27. The summed E-state index contributed by atoms with van der Waals surface area (Å²) in [7, 11) is 0. The van der Waals surface area contributed by atoms with Crippen molar-refractivity contribution in [3.63, 3.8) is 0 Å². The first kappa shape index (κ1) is 17.9. The van der Waals surface area contributed by atoms with E-state index in [4.69, 9.17) is 0 Å². The van der Waals surface area contributed by atoms with Crippen molar-refractivity contribution in [2.24, 2.45) is 5.92 Å². The van der Waals surface area contributed by atoms with Crippen LogP contribution >= 0.6 is 11.8 Å². The Hall–Kier alpha value is -0.180. The lowest BCUT2D eigenvalue weighted by atomic mass is 9.90. The lowest BCUT2D eigenvalue weighted by Gasteiger charge is -2.33. The molecule has 0 aromatic heterocycles. The summed E-state index contributed by atoms with van der Waals surface area (Å²) in [5.41, 5.74) is 0. The molecule has 0 bridgehead atoms. The number of thioether (sulfide) groups is 1. The van der Waals surface area contributed by atoms with Crippen LogP contribution in [0.3, 0.4) is 0 Å². The normalized spacial score (nSPS) is 21.0. The number of hydrogen-bond donors (Lipinski definition) is 1. The van der Waals surface area contributed by atoms with Gasteiger partial charge in [0.25, 0.3) is 0 Å². The molecule has 0 amide bonds. The van der Waals surface area contributed by atoms with Gasteiger partial charge in [-0.3, -0.25) is 0 Å². The van der Waals surface area contributed by atoms with Crippen molar-refractivity contribution in [1.82, 2.24) is 0 Å². The molecule has 0 aromatic carbocycles. The smallest absolute Gasteiger partial charge is 0.387 e. The van der Waals surface area contributed by atoms with E-state index in [1.165, 1.54) is 0 Å². The van der Waals surface area contributed by atoms with Gasteiger partial charge in [-0.15, -0.1) is 0 Å². The molecule has 0 aliphatic carbocycles. The molecular formula is C11H15F7OS. The predicted molar refractivity (Wildman–Crippen MR) is 61.2 cm³/mol. The lowest BCUT2D eigenvalue weighted by Crippen LogP contribution is -2.52. The minimum absolute atomic E-state index is 0.362. The van der Waals surface area contributed by atoms with Gasteiger partial charge in [-0.05, 0) is 36.7 Å². The van der Waals surface area contributed by atoms with Gasteiger partial charge in [0, 0.05) is 0 Å². The van der Waals surface area contributed by atoms with Crippen LogP contribution in [0.25, 0.3) is 0 Å². The Morgan fingerprint density at radius 2 is 1.50 bits per heavy atom. The van der Waals surface area contributed by atoms with Crippen molar-refractivity contribution in [2.45, 2.75) is 49.8 Å². The zero-order chi connectivity index (χ0) is 15.6. The summed E-state index contributed by atoms with van der Waals surface area (Å²) in [4.78, 5) is 0. The lowest BCUT2D eigenvalue weighted by molar-refractivity contribution is -0.292. The van der Waals surface area contributed by atoms with Crippen LogP contribution < -0.4 is 0 Å². The van der Waals surface area contributed by atoms with Crippen LogP contribution in [0.2, 0.25) is 0 Å². The van der Waals surface area contributed by atoms with Crippen LogP contribution in [0.15, 0.2) is 0 Å². The summed E-state index contributed by atoms with van der Waals surface area (Å²) in [5, 5.41) is 9.26. The number of hydrogen-bond acceptors (Lipinski definition) is 2. The van der Waals surface area contributed by atoms with Crippen molar-refractivity contribution in [2.75, 3.05) is 11.5 Å². The monoisotopic (exact) mass is 328 g/mol. The summed E-state index contributed by atoms with van der Waals surface area (Å²) < 4.78 is 88.6. The van der Waals surface area contributed by atoms with Gasteiger partial charge in [-0.25, -0.2) is 0 Å². The molecule has 120 valence electrons. The van der Waals surface area contributed by atoms with Crippen molar-refractivity contribution < 1.29 is 35.8 Å². The highest BCUT2D eigenvalue weighted by atomic mass is 32.2. The molecule has 0 saturated carbocycles. The van der Waals surface area contributed by atoms with Gasteiger partial charge in [0.15, 0.2) is 0 Å². The van der Waals surface area contributed by atoms with E-state index in [1.807, 2.05) is 0 Å². The van der Waals surface area contributed by atoms with Crippen molar-refractivity contribution in [3.05, 3.63) is 0 Å². The fourth-order valence-electron chi connectivity index (χ4n) is 2.06. The van der Waals surface area contributed by atoms with E-state index in [9.17, 15) is 35.8 Å². The van der Waals surface area contributed by atoms with Gasteiger partial charge >= 0.3 is 18.0 Å². The summed E-state index contributed by atoms with van der Waals surface area (Å²) in [6.45, 7) is 0. The van der Waals surface area contributed by atoms with Gasteiger partial charge in [-0.2, -0.15) is 42.5 Å². The summed E-state index contributed by atoms with van der Waals surface area (Å²) in [6.07, 6.45) is -10.8. The fraction of sp³-hybridized carbons (Fsp3) is 1.00. The molecule has 0 aromatic rings. The first-order valence-corrected chi connectivity index (χ1v) is 7.19. The van der Waals surface area contributed by atoms with Crippen LogP contribution in [0.5, 0.6) is 0 Å². The fourth-order valence-corrected chi connectivity index (χ4v) is 3.26. The molecule has 1 heterocycles. The molecule has 0 spiro atoms. The summed E-state index contributed by atoms with van der Waals surface area (Å²) >= 11 is 1.58. The Labute approximate surface area is 115 Å². The number of halogens is 7. The minimum atomic E-state index is -5.42. The number of aliphatic hydroxyl groups is 1. The van der Waals surface area contributed by atoms with Crippen molar-refractivity contribution in [3.8, 4) is 0 Å². The van der Waals surface area contributed by atoms with Crippen LogP contribution in [-0.2, 0) is 0 Å². The van der Waals surface area contributed by atoms with Crippen LogP contribution in [-0.4, -0.2) is 40.7 Å². The first-order chi connectivity index (χ1) is 8.96. The molecule has 1 N–H and O–H groups in total. The topological polar surface area (TPSA) is 20.2 Å². The Morgan fingerprint density at radius 1 is 1.00 bits per heavy atom. The predicted octanol–water partition coefficient (Wildman–Crippen LogP) is 4.10. The third-order valence-electron chi connectivity index (χ3n) is 3.23. The maximum atomic E-state index is 13.4. The highest BCUT2D eigenvalue weighted by molar-refractivity contribution is 7.99. The van der Waals surface area contributed by atoms with Gasteiger partial charge in [0.2, 0.25) is 0 Å². The van der Waals surface area contributed by atoms with Gasteiger partial charge in [-0.1, -0.05) is 0 Å². The summed E-state index contributed by atoms with van der Waals surface area (Å²) in [6, 6.07) is 0. The zero-order valence-electron chi connectivity index (χ0n) is 10.4. The molecule has 1 atom stereocenters. The maximum absolute atomic E-state index is 13.4. The molecule has 1 fully saturated rings. The number of alkyl halides is 7. The summed E-state index contributed by atoms with van der Waals surface area (Å²) in [5.74, 6) is -9.43. The quantitative estimate of drug-likeness (QED) is 0.767. The number of rotatable bonds is 5. The first-order valence-electron chi connectivity index (χ1n) is 6.04. The second kappa shape index (κ2) is 6.29. The van der Waals surface area contributed by atoms with Gasteiger partial charge < -0.3 is 5.11 Å². The molecule has 1 nitrogen and oxygen atoms in total. The minimum Gasteiger partial charge on any atom is -0.387 e. The SMILES string of the molecule is OC(CC1CCSCC1)C(F)(F)C(F)(F)CC(F)(F)F. The molecular weight excluding hydrogens is 313 g/mol. The molecule has 0 radical (unpaired) electrons. The zero-order valence-corrected chi connectivity index (χ0v) is 11.2. The number of aliphatic hydroxyl groups excluding tert-OH is 1. The van der Waals surface area contributed by atoms with E-state index in [-0.39, 0.29) is 5.92 Å². The average molecular weight is 328 g/mol. The van der Waals surface area contributed by atoms with E-state index in [2.05, 4.69) is 0 Å². The van der Waals surface area contributed by atoms with E-state index in [1.54, 1.807) is 11.8 Å². The molecule has 1 aliphatic rings. The van der Waals surface area contributed by atoms with E-state index in [0.717, 1.165) is 0 Å². The maximum Gasteiger partial charge on any atom is 0.395 e. The van der Waals surface area contributed by atoms with E-state index < -0.39 is 37.0 Å². The average Bonchev–Trinajstić information content (AvgIpc) is 2.26. The molecule has 9 heteroatoms. The van der Waals surface area contributed by atoms with E-state index in [0.29, 0.717) is 24.3 Å². The second-order valence-electron chi connectivity index (χ2n) is 4.93. The van der Waals surface area contributed by atoms with Crippen LogP contribution in [0, 0.1) is 5.92 Å². The standard InChI is InChI=1S/C11H15F7OS/c12-9(13,6-10(14,15)16)11(17,18)8(19)5-7-1-3-20-4-2-7/h7-8,19H,1-6H2. The van der Waals surface area contributed by atoms with Gasteiger partial charge in [0.1, 0.15) is 12.5 Å². The Balaban J connectivity index is 2.69. The second-order valence-corrected chi connectivity index (χ2v) is 6.15. The van der Waals surface area contributed by atoms with Crippen LogP contribution in [0.1, 0.15) is 25.7 Å². The molecule has 20 heavy (non-hydrogen) atoms. The third kappa shape index (κ3) is 4.68. The Bertz CT molecular complexity index is 312. The van der Waals surface area contributed by atoms with Gasteiger partial charge in [0.05, 0.1) is 0 Å². The van der Waals surface area contributed by atoms with Crippen LogP contribution in [0.4, 0.5) is 30.7 Å². The Morgan fingerprint density at radius 3 is 1.95 bits per heavy atom. The van der Waals surface area contributed by atoms with Crippen molar-refractivity contribution >= 4 is 11.8 Å². The molecule has 1 aliphatic heterocycles. The highest BCUT2D eigenvalue weighted by Gasteiger charge is 2.64. The highest BCUT2D eigenvalue weighted by Crippen LogP contribution is 2.45. The molecule has 1 saturated heterocycles.